The van der Waals surface area contributed by atoms with Gasteiger partial charge in [-0.3, -0.25) is 9.36 Å². The van der Waals surface area contributed by atoms with E-state index in [1.807, 2.05) is 149 Å². The smallest absolute Gasteiger partial charge is 0.304 e. The summed E-state index contributed by atoms with van der Waals surface area (Å²) in [5.41, 5.74) is 18.4. The summed E-state index contributed by atoms with van der Waals surface area (Å²) >= 11 is 0. The molecule has 0 bridgehead atoms. The Morgan fingerprint density at radius 2 is 0.819 bits per heavy atom. The molecule has 0 amide bonds. The van der Waals surface area contributed by atoms with Crippen LogP contribution in [0.25, 0.3) is 112 Å². The SMILES string of the molecule is [2H]C([2H])([2H])c1cc(-c2[c-]ccc(-c3ccc(-c4ccccc4)cc3)c2)ncc1-c1ccccc1-c1cc(-c2ccccc2-c2cnn(-c3[c-]cccc3)c2)cc(-c2ccccc2-c2cnn(-c3[c-]cccc3)c2)c1.[Ir+3]. The fourth-order valence-electron chi connectivity index (χ4n) is 9.37. The zero-order chi connectivity index (χ0) is 50.0. The van der Waals surface area contributed by atoms with Crippen molar-refractivity contribution in [1.29, 1.82) is 0 Å². The van der Waals surface area contributed by atoms with Crippen molar-refractivity contribution in [2.24, 2.45) is 0 Å². The Bertz CT molecular complexity index is 3800. The number of aryl methyl sites for hydroxylation is 1. The Morgan fingerprint density at radius 1 is 0.361 bits per heavy atom. The van der Waals surface area contributed by atoms with Crippen LogP contribution in [0.3, 0.4) is 0 Å². The van der Waals surface area contributed by atoms with Gasteiger partial charge < -0.3 is 4.98 Å². The van der Waals surface area contributed by atoms with Gasteiger partial charge >= 0.3 is 20.1 Å². The molecular formula is C66H44IrN5. The molecule has 0 atom stereocenters. The first kappa shape index (κ1) is 42.1. The van der Waals surface area contributed by atoms with Gasteiger partial charge in [0, 0.05) is 39.4 Å². The average molecular weight is 1100 g/mol. The van der Waals surface area contributed by atoms with Gasteiger partial charge in [0.15, 0.2) is 0 Å². The van der Waals surface area contributed by atoms with Gasteiger partial charge in [0.05, 0.1) is 12.4 Å². The van der Waals surface area contributed by atoms with Crippen LogP contribution in [0.5, 0.6) is 0 Å². The molecule has 0 fully saturated rings. The number of pyridine rings is 1. The van der Waals surface area contributed by atoms with Crippen molar-refractivity contribution >= 4 is 0 Å². The van der Waals surface area contributed by atoms with Crippen LogP contribution in [0.15, 0.2) is 249 Å². The van der Waals surface area contributed by atoms with Crippen molar-refractivity contribution in [1.82, 2.24) is 24.5 Å². The van der Waals surface area contributed by atoms with E-state index in [9.17, 15) is 0 Å². The van der Waals surface area contributed by atoms with Crippen molar-refractivity contribution in [3.05, 3.63) is 273 Å². The van der Waals surface area contributed by atoms with Crippen LogP contribution in [0.2, 0.25) is 0 Å². The summed E-state index contributed by atoms with van der Waals surface area (Å²) in [7, 11) is 0. The molecule has 0 aliphatic heterocycles. The Balaban J connectivity index is 0.00000602. The predicted molar refractivity (Wildman–Crippen MR) is 289 cm³/mol. The minimum Gasteiger partial charge on any atom is -0.304 e. The largest absolute Gasteiger partial charge is 3.00 e. The van der Waals surface area contributed by atoms with E-state index in [0.717, 1.165) is 94.8 Å². The molecule has 5 nitrogen and oxygen atoms in total. The molecule has 0 radical (unpaired) electrons. The number of rotatable bonds is 11. The molecule has 0 unspecified atom stereocenters. The molecule has 3 heterocycles. The first-order valence-electron chi connectivity index (χ1n) is 25.0. The molecule has 6 heteroatoms. The van der Waals surface area contributed by atoms with Gasteiger partial charge in [-0.15, -0.1) is 47.5 Å². The summed E-state index contributed by atoms with van der Waals surface area (Å²) in [6.45, 7) is -2.47. The third-order valence-electron chi connectivity index (χ3n) is 12.9. The topological polar surface area (TPSA) is 48.5 Å². The second kappa shape index (κ2) is 20.3. The van der Waals surface area contributed by atoms with Crippen LogP contribution in [0.4, 0.5) is 0 Å². The van der Waals surface area contributed by atoms with Gasteiger partial charge in [-0.25, -0.2) is 0 Å². The van der Waals surface area contributed by atoms with Crippen LogP contribution in [-0.2, 0) is 20.1 Å². The standard InChI is InChI=1S/C66H44N5.Ir/c1-46-36-66(51-21-17-20-50(37-51)49-34-32-48(33-35-49)47-18-5-2-6-19-47)67-43-65(46)64-31-16-15-28-61(64)54-39-52(59-26-11-13-29-62(59)55-41-68-70(44-55)57-22-7-3-8-23-57)38-53(40-54)60-27-12-14-30-63(60)56-42-69-71(45-56)58-24-9-4-10-25-58;/h2-20,22,24,26-45H,1H3;/q-3;+3/i1D3;. The zero-order valence-electron chi connectivity index (χ0n) is 41.7. The van der Waals surface area contributed by atoms with Crippen LogP contribution in [0, 0.1) is 25.1 Å². The first-order valence-corrected chi connectivity index (χ1v) is 23.5. The average Bonchev–Trinajstić information content (AvgIpc) is 4.18. The molecule has 0 saturated heterocycles. The van der Waals surface area contributed by atoms with Crippen molar-refractivity contribution in [2.45, 2.75) is 6.85 Å². The van der Waals surface area contributed by atoms with Crippen molar-refractivity contribution in [2.75, 3.05) is 0 Å². The van der Waals surface area contributed by atoms with E-state index in [-0.39, 0.29) is 25.7 Å². The van der Waals surface area contributed by atoms with Gasteiger partial charge in [0.1, 0.15) is 0 Å². The molecule has 12 aromatic rings. The number of benzene rings is 9. The van der Waals surface area contributed by atoms with Gasteiger partial charge in [0.2, 0.25) is 0 Å². The summed E-state index contributed by atoms with van der Waals surface area (Å²) in [6, 6.07) is 83.3. The fraction of sp³-hybridized carbons (Fsp3) is 0.0152. The van der Waals surface area contributed by atoms with E-state index in [2.05, 4.69) is 115 Å². The molecule has 0 N–H and O–H groups in total. The van der Waals surface area contributed by atoms with E-state index >= 15 is 0 Å². The predicted octanol–water partition coefficient (Wildman–Crippen LogP) is 16.2. The van der Waals surface area contributed by atoms with Crippen molar-refractivity contribution in [3.8, 4) is 112 Å². The molecule has 0 aliphatic carbocycles. The minimum atomic E-state index is -2.47. The molecule has 0 saturated carbocycles. The van der Waals surface area contributed by atoms with Gasteiger partial charge in [-0.2, -0.15) is 58.7 Å². The molecule has 72 heavy (non-hydrogen) atoms. The molecule has 12 rings (SSSR count). The van der Waals surface area contributed by atoms with E-state index in [1.54, 1.807) is 12.3 Å². The third-order valence-corrected chi connectivity index (χ3v) is 12.9. The zero-order valence-corrected chi connectivity index (χ0v) is 41.1. The summed E-state index contributed by atoms with van der Waals surface area (Å²) in [5.74, 6) is 0. The number of hydrogen-bond donors (Lipinski definition) is 0. The number of nitrogens with zero attached hydrogens (tertiary/aromatic N) is 5. The second-order valence-corrected chi connectivity index (χ2v) is 17.3. The summed E-state index contributed by atoms with van der Waals surface area (Å²) in [6.07, 6.45) is 9.56. The Kier molecular flexibility index (Phi) is 11.9. The van der Waals surface area contributed by atoms with E-state index in [1.165, 1.54) is 0 Å². The van der Waals surface area contributed by atoms with Crippen LogP contribution < -0.4 is 0 Å². The molecule has 342 valence electrons. The van der Waals surface area contributed by atoms with Gasteiger partial charge in [0.25, 0.3) is 0 Å². The number of aromatic nitrogens is 5. The van der Waals surface area contributed by atoms with E-state index in [0.29, 0.717) is 16.8 Å². The number of hydrogen-bond acceptors (Lipinski definition) is 3. The number of para-hydroxylation sites is 2. The Hall–Kier alpha value is -8.80. The third kappa shape index (κ3) is 9.21. The maximum Gasteiger partial charge on any atom is 3.00 e. The quantitative estimate of drug-likeness (QED) is 0.121. The second-order valence-electron chi connectivity index (χ2n) is 17.3. The molecule has 3 aromatic heterocycles. The Morgan fingerprint density at radius 3 is 1.33 bits per heavy atom. The van der Waals surface area contributed by atoms with Crippen molar-refractivity contribution < 1.29 is 24.2 Å². The van der Waals surface area contributed by atoms with Gasteiger partial charge in [-0.1, -0.05) is 133 Å². The minimum absolute atomic E-state index is 0. The van der Waals surface area contributed by atoms with Crippen LogP contribution in [0.1, 0.15) is 9.68 Å². The maximum atomic E-state index is 8.96. The first-order chi connectivity index (χ1) is 36.3. The molecule has 9 aromatic carbocycles. The monoisotopic (exact) mass is 1100 g/mol. The van der Waals surface area contributed by atoms with Gasteiger partial charge in [-0.05, 0) is 114 Å². The molecular weight excluding hydrogens is 1050 g/mol. The summed E-state index contributed by atoms with van der Waals surface area (Å²) in [5, 5.41) is 9.49. The summed E-state index contributed by atoms with van der Waals surface area (Å²) < 4.78 is 30.6. The van der Waals surface area contributed by atoms with Crippen LogP contribution in [-0.4, -0.2) is 24.5 Å². The maximum absolute atomic E-state index is 8.96. The Labute approximate surface area is 438 Å². The van der Waals surface area contributed by atoms with E-state index < -0.39 is 6.85 Å². The normalized spacial score (nSPS) is 11.8. The van der Waals surface area contributed by atoms with Crippen LogP contribution >= 0.6 is 0 Å². The van der Waals surface area contributed by atoms with Crippen molar-refractivity contribution in [3.63, 3.8) is 0 Å². The fourth-order valence-corrected chi connectivity index (χ4v) is 9.37. The summed E-state index contributed by atoms with van der Waals surface area (Å²) in [4.78, 5) is 4.99. The molecule has 0 aliphatic rings. The van der Waals surface area contributed by atoms with E-state index in [4.69, 9.17) is 19.3 Å². The molecule has 0 spiro atoms.